The third kappa shape index (κ3) is 2.18. The molecule has 0 amide bonds. The lowest BCUT2D eigenvalue weighted by Gasteiger charge is -1.99. The summed E-state index contributed by atoms with van der Waals surface area (Å²) in [5.41, 5.74) is 2.59. The van der Waals surface area contributed by atoms with Gasteiger partial charge in [-0.3, -0.25) is 0 Å². The van der Waals surface area contributed by atoms with E-state index in [1.165, 1.54) is 26.1 Å². The smallest absolute Gasteiger partial charge is 0.0349 e. The van der Waals surface area contributed by atoms with Crippen molar-refractivity contribution in [1.29, 1.82) is 0 Å². The van der Waals surface area contributed by atoms with Crippen LogP contribution in [0.25, 0.3) is 10.1 Å². The molecule has 0 atom stereocenters. The van der Waals surface area contributed by atoms with E-state index < -0.39 is 0 Å². The monoisotopic (exact) mass is 272 g/mol. The van der Waals surface area contributed by atoms with Gasteiger partial charge >= 0.3 is 0 Å². The molecule has 15 heavy (non-hydrogen) atoms. The molecule has 0 saturated carbocycles. The fourth-order valence-corrected chi connectivity index (χ4v) is 3.76. The standard InChI is InChI=1S/C11H12S4/c12-4-7-1-2-10-8(3-7)9(5-13)11(6-14)15-10/h1-3,12-14H,4-6H2. The van der Waals surface area contributed by atoms with E-state index in [0.29, 0.717) is 0 Å². The van der Waals surface area contributed by atoms with Crippen molar-refractivity contribution < 1.29 is 0 Å². The molecule has 0 aliphatic carbocycles. The molecule has 0 aliphatic heterocycles. The van der Waals surface area contributed by atoms with Gasteiger partial charge in [-0.2, -0.15) is 37.9 Å². The zero-order valence-electron chi connectivity index (χ0n) is 8.10. The first kappa shape index (κ1) is 11.7. The Balaban J connectivity index is 2.67. The Morgan fingerprint density at radius 1 is 1.00 bits per heavy atom. The van der Waals surface area contributed by atoms with Gasteiger partial charge in [0.05, 0.1) is 0 Å². The maximum Gasteiger partial charge on any atom is 0.0349 e. The van der Waals surface area contributed by atoms with Crippen LogP contribution in [-0.2, 0) is 17.3 Å². The van der Waals surface area contributed by atoms with E-state index >= 15 is 0 Å². The average molecular weight is 272 g/mol. The van der Waals surface area contributed by atoms with Crippen LogP contribution in [0.4, 0.5) is 0 Å². The fraction of sp³-hybridized carbons (Fsp3) is 0.273. The Kier molecular flexibility index (Phi) is 3.93. The predicted octanol–water partition coefficient (Wildman–Crippen LogP) is 4.19. The summed E-state index contributed by atoms with van der Waals surface area (Å²) in [5.74, 6) is 2.37. The van der Waals surface area contributed by atoms with Crippen LogP contribution in [0.2, 0.25) is 0 Å². The van der Waals surface area contributed by atoms with Crippen LogP contribution in [-0.4, -0.2) is 0 Å². The minimum Gasteiger partial charge on any atom is -0.175 e. The molecule has 4 heteroatoms. The Labute approximate surface area is 110 Å². The van der Waals surface area contributed by atoms with Crippen LogP contribution in [0.3, 0.4) is 0 Å². The molecule has 0 nitrogen and oxygen atoms in total. The largest absolute Gasteiger partial charge is 0.175 e. The van der Waals surface area contributed by atoms with Crippen molar-refractivity contribution in [2.24, 2.45) is 0 Å². The Hall–Kier alpha value is 0.230. The van der Waals surface area contributed by atoms with Crippen molar-refractivity contribution in [2.75, 3.05) is 0 Å². The zero-order chi connectivity index (χ0) is 10.8. The topological polar surface area (TPSA) is 0 Å². The maximum atomic E-state index is 4.39. The van der Waals surface area contributed by atoms with Gasteiger partial charge in [0.15, 0.2) is 0 Å². The van der Waals surface area contributed by atoms with Crippen molar-refractivity contribution in [1.82, 2.24) is 0 Å². The summed E-state index contributed by atoms with van der Waals surface area (Å²) in [7, 11) is 0. The molecular formula is C11H12S4. The molecule has 1 heterocycles. The van der Waals surface area contributed by atoms with Crippen LogP contribution in [0, 0.1) is 0 Å². The highest BCUT2D eigenvalue weighted by molar-refractivity contribution is 7.80. The van der Waals surface area contributed by atoms with Crippen molar-refractivity contribution in [2.45, 2.75) is 17.3 Å². The lowest BCUT2D eigenvalue weighted by atomic mass is 10.1. The molecule has 0 N–H and O–H groups in total. The second kappa shape index (κ2) is 5.04. The summed E-state index contributed by atoms with van der Waals surface area (Å²) in [4.78, 5) is 1.33. The summed E-state index contributed by atoms with van der Waals surface area (Å²) in [6.07, 6.45) is 0. The normalized spacial score (nSPS) is 11.1. The summed E-state index contributed by atoms with van der Waals surface area (Å²) in [6, 6.07) is 6.53. The van der Waals surface area contributed by atoms with Crippen LogP contribution < -0.4 is 0 Å². The molecule has 80 valence electrons. The highest BCUT2D eigenvalue weighted by Crippen LogP contribution is 2.34. The number of hydrogen-bond acceptors (Lipinski definition) is 4. The van der Waals surface area contributed by atoms with E-state index in [2.05, 4.69) is 56.1 Å². The van der Waals surface area contributed by atoms with Gasteiger partial charge in [0.25, 0.3) is 0 Å². The van der Waals surface area contributed by atoms with Crippen molar-refractivity contribution in [3.05, 3.63) is 34.2 Å². The maximum absolute atomic E-state index is 4.39. The lowest BCUT2D eigenvalue weighted by molar-refractivity contribution is 1.39. The highest BCUT2D eigenvalue weighted by Gasteiger charge is 2.09. The first-order chi connectivity index (χ1) is 7.30. The second-order valence-corrected chi connectivity index (χ2v) is 5.39. The van der Waals surface area contributed by atoms with Crippen molar-refractivity contribution >= 4 is 59.3 Å². The summed E-state index contributed by atoms with van der Waals surface area (Å²) < 4.78 is 1.33. The van der Waals surface area contributed by atoms with Crippen molar-refractivity contribution in [3.63, 3.8) is 0 Å². The van der Waals surface area contributed by atoms with E-state index in [1.807, 2.05) is 11.3 Å². The van der Waals surface area contributed by atoms with E-state index in [1.54, 1.807) is 0 Å². The third-order valence-corrected chi connectivity index (χ3v) is 4.85. The Morgan fingerprint density at radius 3 is 2.40 bits per heavy atom. The quantitative estimate of drug-likeness (QED) is 0.686. The fourth-order valence-electron chi connectivity index (χ4n) is 1.65. The summed E-state index contributed by atoms with van der Waals surface area (Å²) >= 11 is 14.9. The average Bonchev–Trinajstić information content (AvgIpc) is 2.65. The molecular weight excluding hydrogens is 260 g/mol. The van der Waals surface area contributed by atoms with Gasteiger partial charge in [0.1, 0.15) is 0 Å². The molecule has 0 aliphatic rings. The first-order valence-electron chi connectivity index (χ1n) is 4.66. The van der Waals surface area contributed by atoms with Gasteiger partial charge in [-0.15, -0.1) is 11.3 Å². The zero-order valence-corrected chi connectivity index (χ0v) is 11.6. The molecule has 0 unspecified atom stereocenters. The van der Waals surface area contributed by atoms with Gasteiger partial charge in [-0.1, -0.05) is 6.07 Å². The van der Waals surface area contributed by atoms with Crippen LogP contribution >= 0.6 is 49.2 Å². The molecule has 1 aromatic carbocycles. The van der Waals surface area contributed by atoms with Gasteiger partial charge < -0.3 is 0 Å². The number of rotatable bonds is 3. The van der Waals surface area contributed by atoms with Gasteiger partial charge in [-0.05, 0) is 28.6 Å². The van der Waals surface area contributed by atoms with Crippen LogP contribution in [0.5, 0.6) is 0 Å². The first-order valence-corrected chi connectivity index (χ1v) is 7.37. The number of hydrogen-bond donors (Lipinski definition) is 3. The van der Waals surface area contributed by atoms with E-state index in [4.69, 9.17) is 0 Å². The lowest BCUT2D eigenvalue weighted by Crippen LogP contribution is -1.82. The number of thiol groups is 3. The molecule has 1 aromatic heterocycles. The predicted molar refractivity (Wildman–Crippen MR) is 79.9 cm³/mol. The highest BCUT2D eigenvalue weighted by atomic mass is 32.1. The number of benzene rings is 1. The van der Waals surface area contributed by atoms with Gasteiger partial charge in [0, 0.05) is 26.8 Å². The molecule has 0 bridgehead atoms. The molecule has 0 spiro atoms. The van der Waals surface area contributed by atoms with Crippen LogP contribution in [0.1, 0.15) is 16.0 Å². The van der Waals surface area contributed by atoms with Gasteiger partial charge in [-0.25, -0.2) is 0 Å². The number of fused-ring (bicyclic) bond motifs is 1. The molecule has 0 saturated heterocycles. The third-order valence-electron chi connectivity index (χ3n) is 2.42. The Bertz CT molecular complexity index is 473. The van der Waals surface area contributed by atoms with E-state index in [0.717, 1.165) is 17.3 Å². The minimum absolute atomic E-state index is 0.784. The van der Waals surface area contributed by atoms with Crippen molar-refractivity contribution in [3.8, 4) is 0 Å². The minimum atomic E-state index is 0.784. The molecule has 0 fully saturated rings. The van der Waals surface area contributed by atoms with E-state index in [-0.39, 0.29) is 0 Å². The summed E-state index contributed by atoms with van der Waals surface area (Å²) in [6.45, 7) is 0. The SMILES string of the molecule is SCc1ccc2sc(CS)c(CS)c2c1. The second-order valence-electron chi connectivity index (χ2n) is 3.31. The van der Waals surface area contributed by atoms with E-state index in [9.17, 15) is 0 Å². The molecule has 2 rings (SSSR count). The number of thiophene rings is 1. The van der Waals surface area contributed by atoms with Crippen LogP contribution in [0.15, 0.2) is 18.2 Å². The molecule has 0 radical (unpaired) electrons. The van der Waals surface area contributed by atoms with Gasteiger partial charge in [0.2, 0.25) is 0 Å². The molecule has 2 aromatic rings. The summed E-state index contributed by atoms with van der Waals surface area (Å²) in [5, 5.41) is 1.32. The Morgan fingerprint density at radius 2 is 1.80 bits per heavy atom.